The largest absolute Gasteiger partial charge is 0.419 e. The first-order chi connectivity index (χ1) is 8.13. The number of fused-ring (bicyclic) bond motifs is 1. The van der Waals surface area contributed by atoms with Gasteiger partial charge in [0.05, 0.1) is 11.6 Å². The van der Waals surface area contributed by atoms with E-state index in [-0.39, 0.29) is 18.6 Å². The van der Waals surface area contributed by atoms with Gasteiger partial charge in [0.2, 0.25) is 0 Å². The summed E-state index contributed by atoms with van der Waals surface area (Å²) in [5.41, 5.74) is 1.52. The summed E-state index contributed by atoms with van der Waals surface area (Å²) in [4.78, 5) is 23.0. The van der Waals surface area contributed by atoms with E-state index >= 15 is 0 Å². The summed E-state index contributed by atoms with van der Waals surface area (Å²) in [5.74, 6) is -0.566. The number of benzene rings is 1. The molecule has 1 heterocycles. The Bertz CT molecular complexity index is 673. The number of oxazole rings is 1. The molecule has 17 heavy (non-hydrogen) atoms. The van der Waals surface area contributed by atoms with Crippen LogP contribution in [0.25, 0.3) is 11.1 Å². The Morgan fingerprint density at radius 3 is 3.00 bits per heavy atom. The number of carbonyl (C=O) groups is 1. The molecule has 0 saturated carbocycles. The van der Waals surface area contributed by atoms with Gasteiger partial charge in [-0.1, -0.05) is 0 Å². The smallest absolute Gasteiger partial charge is 0.408 e. The van der Waals surface area contributed by atoms with Crippen LogP contribution in [0, 0.1) is 11.3 Å². The van der Waals surface area contributed by atoms with Crippen molar-refractivity contribution >= 4 is 16.9 Å². The van der Waals surface area contributed by atoms with Crippen LogP contribution in [0.1, 0.15) is 23.2 Å². The van der Waals surface area contributed by atoms with Gasteiger partial charge < -0.3 is 4.42 Å². The SMILES string of the molecule is Cn1c(=O)oc2ccc(C(=O)CCC#N)cc21. The van der Waals surface area contributed by atoms with Gasteiger partial charge in [0.25, 0.3) is 0 Å². The number of ketones is 1. The summed E-state index contributed by atoms with van der Waals surface area (Å²) in [5, 5.41) is 8.42. The molecule has 0 saturated heterocycles. The van der Waals surface area contributed by atoms with Crippen molar-refractivity contribution in [2.75, 3.05) is 0 Å². The van der Waals surface area contributed by atoms with Crippen LogP contribution < -0.4 is 5.76 Å². The first kappa shape index (κ1) is 11.1. The number of aromatic nitrogens is 1. The summed E-state index contributed by atoms with van der Waals surface area (Å²) in [6, 6.07) is 6.73. The van der Waals surface area contributed by atoms with E-state index in [4.69, 9.17) is 9.68 Å². The minimum atomic E-state index is -0.457. The van der Waals surface area contributed by atoms with Crippen molar-refractivity contribution in [1.29, 1.82) is 5.26 Å². The van der Waals surface area contributed by atoms with E-state index in [0.29, 0.717) is 16.7 Å². The highest BCUT2D eigenvalue weighted by atomic mass is 16.4. The second kappa shape index (κ2) is 4.26. The van der Waals surface area contributed by atoms with Crippen molar-refractivity contribution in [1.82, 2.24) is 4.57 Å². The van der Waals surface area contributed by atoms with Crippen LogP contribution in [-0.4, -0.2) is 10.4 Å². The molecule has 0 aliphatic carbocycles. The Balaban J connectivity index is 2.44. The summed E-state index contributed by atoms with van der Waals surface area (Å²) < 4.78 is 6.30. The van der Waals surface area contributed by atoms with Gasteiger partial charge in [-0.2, -0.15) is 5.26 Å². The van der Waals surface area contributed by atoms with Crippen LogP contribution in [-0.2, 0) is 7.05 Å². The van der Waals surface area contributed by atoms with Crippen molar-refractivity contribution in [2.24, 2.45) is 7.05 Å². The van der Waals surface area contributed by atoms with Crippen LogP contribution >= 0.6 is 0 Å². The number of hydrogen-bond donors (Lipinski definition) is 0. The van der Waals surface area contributed by atoms with Gasteiger partial charge in [-0.25, -0.2) is 4.79 Å². The third kappa shape index (κ3) is 1.97. The fourth-order valence-electron chi connectivity index (χ4n) is 1.61. The molecule has 2 aromatic rings. The molecule has 5 nitrogen and oxygen atoms in total. The fourth-order valence-corrected chi connectivity index (χ4v) is 1.61. The third-order valence-electron chi connectivity index (χ3n) is 2.58. The van der Waals surface area contributed by atoms with Gasteiger partial charge in [0.1, 0.15) is 0 Å². The van der Waals surface area contributed by atoms with Crippen LogP contribution in [0.3, 0.4) is 0 Å². The van der Waals surface area contributed by atoms with Crippen molar-refractivity contribution in [2.45, 2.75) is 12.8 Å². The number of rotatable bonds is 3. The number of hydrogen-bond acceptors (Lipinski definition) is 4. The lowest BCUT2D eigenvalue weighted by Gasteiger charge is -1.98. The maximum atomic E-state index is 11.7. The molecule has 0 N–H and O–H groups in total. The Labute approximate surface area is 96.9 Å². The molecule has 2 rings (SSSR count). The fraction of sp³-hybridized carbons (Fsp3) is 0.250. The summed E-state index contributed by atoms with van der Waals surface area (Å²) in [6.07, 6.45) is 0.384. The molecule has 1 aromatic heterocycles. The molecule has 0 aliphatic heterocycles. The third-order valence-corrected chi connectivity index (χ3v) is 2.58. The van der Waals surface area contributed by atoms with E-state index in [1.165, 1.54) is 4.57 Å². The molecule has 5 heteroatoms. The van der Waals surface area contributed by atoms with Gasteiger partial charge in [0.15, 0.2) is 11.4 Å². The molecule has 0 fully saturated rings. The van der Waals surface area contributed by atoms with Crippen LogP contribution in [0.5, 0.6) is 0 Å². The summed E-state index contributed by atoms with van der Waals surface area (Å²) in [6.45, 7) is 0. The lowest BCUT2D eigenvalue weighted by Crippen LogP contribution is -2.08. The molecule has 0 atom stereocenters. The van der Waals surface area contributed by atoms with E-state index in [2.05, 4.69) is 0 Å². The van der Waals surface area contributed by atoms with Gasteiger partial charge in [-0.05, 0) is 18.2 Å². The van der Waals surface area contributed by atoms with Crippen molar-refractivity contribution in [3.8, 4) is 6.07 Å². The molecule has 0 aliphatic rings. The average molecular weight is 230 g/mol. The zero-order chi connectivity index (χ0) is 12.4. The minimum Gasteiger partial charge on any atom is -0.408 e. The standard InChI is InChI=1S/C12H10N2O3/c1-14-9-7-8(10(15)3-2-6-13)4-5-11(9)17-12(14)16/h4-5,7H,2-3H2,1H3. The Hall–Kier alpha value is -2.35. The first-order valence-corrected chi connectivity index (χ1v) is 5.13. The van der Waals surface area contributed by atoms with Gasteiger partial charge in [-0.3, -0.25) is 9.36 Å². The van der Waals surface area contributed by atoms with Crippen molar-refractivity contribution in [3.05, 3.63) is 34.3 Å². The second-order valence-corrected chi connectivity index (χ2v) is 3.69. The summed E-state index contributed by atoms with van der Waals surface area (Å²) >= 11 is 0. The number of aryl methyl sites for hydroxylation is 1. The van der Waals surface area contributed by atoms with E-state index in [1.807, 2.05) is 6.07 Å². The molecular weight excluding hydrogens is 220 g/mol. The predicted molar refractivity (Wildman–Crippen MR) is 60.6 cm³/mol. The van der Waals surface area contributed by atoms with E-state index < -0.39 is 5.76 Å². The molecule has 86 valence electrons. The molecule has 0 spiro atoms. The van der Waals surface area contributed by atoms with E-state index in [1.54, 1.807) is 25.2 Å². The maximum Gasteiger partial charge on any atom is 0.419 e. The molecular formula is C12H10N2O3. The van der Waals surface area contributed by atoms with Crippen LogP contribution in [0.2, 0.25) is 0 Å². The highest BCUT2D eigenvalue weighted by Gasteiger charge is 2.10. The normalized spacial score (nSPS) is 10.4. The van der Waals surface area contributed by atoms with Gasteiger partial charge in [0, 0.05) is 25.5 Å². The van der Waals surface area contributed by atoms with Crippen molar-refractivity contribution < 1.29 is 9.21 Å². The topological polar surface area (TPSA) is 76.0 Å². The molecule has 1 aromatic carbocycles. The highest BCUT2D eigenvalue weighted by Crippen LogP contribution is 2.15. The quantitative estimate of drug-likeness (QED) is 0.751. The van der Waals surface area contributed by atoms with E-state index in [0.717, 1.165) is 0 Å². The molecule has 0 radical (unpaired) electrons. The summed E-state index contributed by atoms with van der Waals surface area (Å²) in [7, 11) is 1.58. The Morgan fingerprint density at radius 2 is 2.29 bits per heavy atom. The maximum absolute atomic E-state index is 11.7. The van der Waals surface area contributed by atoms with Gasteiger partial charge >= 0.3 is 5.76 Å². The molecule has 0 amide bonds. The average Bonchev–Trinajstić information content (AvgIpc) is 2.62. The van der Waals surface area contributed by atoms with Crippen LogP contribution in [0.15, 0.2) is 27.4 Å². The van der Waals surface area contributed by atoms with Crippen LogP contribution in [0.4, 0.5) is 0 Å². The highest BCUT2D eigenvalue weighted by molar-refractivity contribution is 5.98. The number of carbonyl (C=O) groups excluding carboxylic acids is 1. The Kier molecular flexibility index (Phi) is 2.79. The zero-order valence-electron chi connectivity index (χ0n) is 9.27. The van der Waals surface area contributed by atoms with E-state index in [9.17, 15) is 9.59 Å². The number of nitriles is 1. The first-order valence-electron chi connectivity index (χ1n) is 5.13. The monoisotopic (exact) mass is 230 g/mol. The lowest BCUT2D eigenvalue weighted by molar-refractivity contribution is 0.0984. The van der Waals surface area contributed by atoms with Gasteiger partial charge in [-0.15, -0.1) is 0 Å². The molecule has 0 bridgehead atoms. The number of nitrogens with zero attached hydrogens (tertiary/aromatic N) is 2. The predicted octanol–water partition coefficient (Wildman–Crippen LogP) is 1.62. The Morgan fingerprint density at radius 1 is 1.53 bits per heavy atom. The lowest BCUT2D eigenvalue weighted by atomic mass is 10.1. The zero-order valence-corrected chi connectivity index (χ0v) is 9.27. The number of Topliss-reactive ketones (excluding diaryl/α,β-unsaturated/α-hetero) is 1. The molecule has 0 unspecified atom stereocenters. The minimum absolute atomic E-state index is 0.109. The van der Waals surface area contributed by atoms with Crippen molar-refractivity contribution in [3.63, 3.8) is 0 Å². The second-order valence-electron chi connectivity index (χ2n) is 3.69.